The first-order valence-electron chi connectivity index (χ1n) is 5.74. The Morgan fingerprint density at radius 1 is 1.21 bits per heavy atom. The molecule has 84 valence electrons. The van der Waals surface area contributed by atoms with Crippen molar-refractivity contribution in [1.29, 1.82) is 0 Å². The average molecular weight is 200 g/mol. The summed E-state index contributed by atoms with van der Waals surface area (Å²) < 4.78 is 5.69. The van der Waals surface area contributed by atoms with Crippen LogP contribution in [0, 0.1) is 0 Å². The zero-order valence-electron chi connectivity index (χ0n) is 9.75. The molecule has 1 rings (SSSR count). The number of nitrogens with one attached hydrogen (secondary N) is 1. The van der Waals surface area contributed by atoms with Gasteiger partial charge in [-0.1, -0.05) is 0 Å². The maximum atomic E-state index is 5.69. The number of morpholine rings is 1. The summed E-state index contributed by atoms with van der Waals surface area (Å²) in [7, 11) is 2.01. The fraction of sp³-hybridized carbons (Fsp3) is 1.00. The van der Waals surface area contributed by atoms with Crippen molar-refractivity contribution in [1.82, 2.24) is 10.2 Å². The van der Waals surface area contributed by atoms with Gasteiger partial charge >= 0.3 is 0 Å². The molecule has 0 saturated carbocycles. The molecule has 1 saturated heterocycles. The van der Waals surface area contributed by atoms with Crippen LogP contribution in [-0.2, 0) is 4.74 Å². The van der Waals surface area contributed by atoms with Crippen LogP contribution in [0.3, 0.4) is 0 Å². The van der Waals surface area contributed by atoms with Crippen LogP contribution in [0.25, 0.3) is 0 Å². The third kappa shape index (κ3) is 4.40. The minimum atomic E-state index is 0.406. The molecule has 0 radical (unpaired) electrons. The molecule has 1 N–H and O–H groups in total. The summed E-state index contributed by atoms with van der Waals surface area (Å²) in [4.78, 5) is 2.52. The standard InChI is InChI=1S/C11H24N2O/c1-10-8-13(9-11(2)14-10)7-5-4-6-12-3/h10-12H,4-9H2,1-3H3/t10-,11+. The predicted molar refractivity (Wildman–Crippen MR) is 59.6 cm³/mol. The monoisotopic (exact) mass is 200 g/mol. The molecule has 0 amide bonds. The molecule has 3 nitrogen and oxygen atoms in total. The van der Waals surface area contributed by atoms with Gasteiger partial charge in [0.25, 0.3) is 0 Å². The summed E-state index contributed by atoms with van der Waals surface area (Å²) in [5.41, 5.74) is 0. The second-order valence-electron chi connectivity index (χ2n) is 4.33. The molecule has 3 heteroatoms. The lowest BCUT2D eigenvalue weighted by Crippen LogP contribution is -2.45. The van der Waals surface area contributed by atoms with Crippen LogP contribution >= 0.6 is 0 Å². The van der Waals surface area contributed by atoms with Gasteiger partial charge < -0.3 is 10.1 Å². The average Bonchev–Trinajstić information content (AvgIpc) is 2.11. The molecule has 0 aliphatic carbocycles. The van der Waals surface area contributed by atoms with Crippen molar-refractivity contribution >= 4 is 0 Å². The molecule has 2 atom stereocenters. The molecule has 0 spiro atoms. The molecular formula is C11H24N2O. The van der Waals surface area contributed by atoms with Crippen molar-refractivity contribution in [2.75, 3.05) is 33.2 Å². The van der Waals surface area contributed by atoms with Gasteiger partial charge in [-0.15, -0.1) is 0 Å². The van der Waals surface area contributed by atoms with E-state index in [0.717, 1.165) is 19.6 Å². The zero-order chi connectivity index (χ0) is 10.4. The van der Waals surface area contributed by atoms with Gasteiger partial charge in [-0.05, 0) is 46.8 Å². The number of hydrogen-bond donors (Lipinski definition) is 1. The number of unbranched alkanes of at least 4 members (excludes halogenated alkanes) is 1. The van der Waals surface area contributed by atoms with Crippen molar-refractivity contribution in [3.63, 3.8) is 0 Å². The normalized spacial score (nSPS) is 29.4. The Bertz CT molecular complexity index is 142. The van der Waals surface area contributed by atoms with Gasteiger partial charge in [0.05, 0.1) is 12.2 Å². The molecule has 1 aliphatic heterocycles. The van der Waals surface area contributed by atoms with Crippen molar-refractivity contribution in [2.24, 2.45) is 0 Å². The van der Waals surface area contributed by atoms with Crippen LogP contribution in [0.2, 0.25) is 0 Å². The van der Waals surface area contributed by atoms with Crippen LogP contribution in [0.4, 0.5) is 0 Å². The molecule has 1 aliphatic rings. The van der Waals surface area contributed by atoms with E-state index >= 15 is 0 Å². The molecule has 0 aromatic heterocycles. The van der Waals surface area contributed by atoms with E-state index in [9.17, 15) is 0 Å². The van der Waals surface area contributed by atoms with E-state index in [4.69, 9.17) is 4.74 Å². The summed E-state index contributed by atoms with van der Waals surface area (Å²) in [6, 6.07) is 0. The quantitative estimate of drug-likeness (QED) is 0.673. The maximum absolute atomic E-state index is 5.69. The fourth-order valence-corrected chi connectivity index (χ4v) is 2.10. The molecule has 0 bridgehead atoms. The third-order valence-electron chi connectivity index (χ3n) is 2.65. The first-order chi connectivity index (χ1) is 6.72. The smallest absolute Gasteiger partial charge is 0.0678 e. The van der Waals surface area contributed by atoms with Gasteiger partial charge in [0.2, 0.25) is 0 Å². The summed E-state index contributed by atoms with van der Waals surface area (Å²) in [6.07, 6.45) is 3.38. The molecule has 1 heterocycles. The highest BCUT2D eigenvalue weighted by molar-refractivity contribution is 4.72. The molecular weight excluding hydrogens is 176 g/mol. The Morgan fingerprint density at radius 2 is 1.86 bits per heavy atom. The van der Waals surface area contributed by atoms with E-state index in [0.29, 0.717) is 12.2 Å². The third-order valence-corrected chi connectivity index (χ3v) is 2.65. The lowest BCUT2D eigenvalue weighted by Gasteiger charge is -2.35. The second kappa shape index (κ2) is 6.38. The predicted octanol–water partition coefficient (Wildman–Crippen LogP) is 1.10. The van der Waals surface area contributed by atoms with Crippen LogP contribution in [-0.4, -0.2) is 50.3 Å². The number of nitrogens with zero attached hydrogens (tertiary/aromatic N) is 1. The van der Waals surface area contributed by atoms with E-state index in [2.05, 4.69) is 24.1 Å². The van der Waals surface area contributed by atoms with Gasteiger partial charge in [-0.2, -0.15) is 0 Å². The molecule has 0 unspecified atom stereocenters. The number of hydrogen-bond acceptors (Lipinski definition) is 3. The van der Waals surface area contributed by atoms with E-state index in [1.165, 1.54) is 19.4 Å². The Morgan fingerprint density at radius 3 is 2.43 bits per heavy atom. The highest BCUT2D eigenvalue weighted by atomic mass is 16.5. The van der Waals surface area contributed by atoms with Crippen molar-refractivity contribution in [3.05, 3.63) is 0 Å². The highest BCUT2D eigenvalue weighted by Crippen LogP contribution is 2.10. The van der Waals surface area contributed by atoms with E-state index in [-0.39, 0.29) is 0 Å². The Kier molecular flexibility index (Phi) is 5.45. The van der Waals surface area contributed by atoms with E-state index < -0.39 is 0 Å². The van der Waals surface area contributed by atoms with Gasteiger partial charge in [-0.3, -0.25) is 4.90 Å². The van der Waals surface area contributed by atoms with E-state index in [1.54, 1.807) is 0 Å². The van der Waals surface area contributed by atoms with Crippen molar-refractivity contribution in [2.45, 2.75) is 38.9 Å². The van der Waals surface area contributed by atoms with Gasteiger partial charge in [0.1, 0.15) is 0 Å². The first kappa shape index (κ1) is 12.0. The Hall–Kier alpha value is -0.120. The molecule has 1 fully saturated rings. The molecule has 0 aromatic carbocycles. The number of rotatable bonds is 5. The van der Waals surface area contributed by atoms with Crippen LogP contribution < -0.4 is 5.32 Å². The van der Waals surface area contributed by atoms with Crippen LogP contribution in [0.5, 0.6) is 0 Å². The maximum Gasteiger partial charge on any atom is 0.0678 e. The first-order valence-corrected chi connectivity index (χ1v) is 5.74. The fourth-order valence-electron chi connectivity index (χ4n) is 2.10. The molecule has 14 heavy (non-hydrogen) atoms. The van der Waals surface area contributed by atoms with Crippen LogP contribution in [0.15, 0.2) is 0 Å². The zero-order valence-corrected chi connectivity index (χ0v) is 9.75. The minimum absolute atomic E-state index is 0.406. The Labute approximate surface area is 87.8 Å². The summed E-state index contributed by atoms with van der Waals surface area (Å²) in [6.45, 7) is 8.88. The van der Waals surface area contributed by atoms with Gasteiger partial charge in [-0.25, -0.2) is 0 Å². The van der Waals surface area contributed by atoms with E-state index in [1.807, 2.05) is 7.05 Å². The Balaban J connectivity index is 2.10. The molecule has 0 aromatic rings. The van der Waals surface area contributed by atoms with Crippen molar-refractivity contribution < 1.29 is 4.74 Å². The number of ether oxygens (including phenoxy) is 1. The second-order valence-corrected chi connectivity index (χ2v) is 4.33. The highest BCUT2D eigenvalue weighted by Gasteiger charge is 2.21. The lowest BCUT2D eigenvalue weighted by molar-refractivity contribution is -0.0681. The largest absolute Gasteiger partial charge is 0.373 e. The SMILES string of the molecule is CNCCCCN1C[C@@H](C)O[C@@H](C)C1. The van der Waals surface area contributed by atoms with Gasteiger partial charge in [0.15, 0.2) is 0 Å². The van der Waals surface area contributed by atoms with Crippen molar-refractivity contribution in [3.8, 4) is 0 Å². The summed E-state index contributed by atoms with van der Waals surface area (Å²) >= 11 is 0. The summed E-state index contributed by atoms with van der Waals surface area (Å²) in [5.74, 6) is 0. The topological polar surface area (TPSA) is 24.5 Å². The lowest BCUT2D eigenvalue weighted by atomic mass is 10.2. The van der Waals surface area contributed by atoms with Crippen LogP contribution in [0.1, 0.15) is 26.7 Å². The summed E-state index contributed by atoms with van der Waals surface area (Å²) in [5, 5.41) is 3.18. The minimum Gasteiger partial charge on any atom is -0.373 e. The van der Waals surface area contributed by atoms with Gasteiger partial charge in [0, 0.05) is 13.1 Å².